The number of methoxy groups -OCH3 is 2. The Bertz CT molecular complexity index is 885. The van der Waals surface area contributed by atoms with Crippen molar-refractivity contribution in [2.45, 2.75) is 17.4 Å². The first kappa shape index (κ1) is 23.4. The fourth-order valence-corrected chi connectivity index (χ4v) is 4.68. The van der Waals surface area contributed by atoms with E-state index in [1.165, 1.54) is 7.11 Å². The van der Waals surface area contributed by atoms with Crippen LogP contribution in [0.1, 0.15) is 18.0 Å². The van der Waals surface area contributed by atoms with E-state index in [2.05, 4.69) is 0 Å². The Hall–Kier alpha value is -2.22. The number of nitrogens with zero attached hydrogens (tertiary/aromatic N) is 2. The van der Waals surface area contributed by atoms with Gasteiger partial charge in [-0.05, 0) is 35.9 Å². The number of hydrogen-bond donors (Lipinski definition) is 0. The maximum atomic E-state index is 12.6. The molecule has 1 heterocycles. The van der Waals surface area contributed by atoms with Crippen LogP contribution in [0.2, 0.25) is 5.02 Å². The zero-order valence-corrected chi connectivity index (χ0v) is 19.3. The smallest absolute Gasteiger partial charge is 0.327 e. The van der Waals surface area contributed by atoms with Crippen LogP contribution >= 0.6 is 23.4 Å². The molecule has 1 amide bonds. The summed E-state index contributed by atoms with van der Waals surface area (Å²) < 4.78 is 10.2. The van der Waals surface area contributed by atoms with Crippen LogP contribution in [0, 0.1) is 0 Å². The highest BCUT2D eigenvalue weighted by Crippen LogP contribution is 2.29. The van der Waals surface area contributed by atoms with Gasteiger partial charge in [-0.3, -0.25) is 9.69 Å². The lowest BCUT2D eigenvalue weighted by molar-refractivity contribution is -0.148. The first-order valence-electron chi connectivity index (χ1n) is 10.1. The molecule has 3 rings (SSSR count). The molecule has 0 radical (unpaired) electrons. The number of rotatable bonds is 8. The van der Waals surface area contributed by atoms with E-state index in [4.69, 9.17) is 21.1 Å². The summed E-state index contributed by atoms with van der Waals surface area (Å²) in [4.78, 5) is 30.1. The molecule has 2 aromatic rings. The largest absolute Gasteiger partial charge is 0.497 e. The molecule has 6 nitrogen and oxygen atoms in total. The van der Waals surface area contributed by atoms with Gasteiger partial charge in [-0.15, -0.1) is 11.8 Å². The lowest BCUT2D eigenvalue weighted by atomic mass is 10.0. The van der Waals surface area contributed by atoms with Gasteiger partial charge in [0.1, 0.15) is 11.8 Å². The van der Waals surface area contributed by atoms with Gasteiger partial charge < -0.3 is 14.4 Å². The summed E-state index contributed by atoms with van der Waals surface area (Å²) in [5, 5.41) is 0.534. The number of halogens is 1. The first-order valence-corrected chi connectivity index (χ1v) is 11.5. The van der Waals surface area contributed by atoms with E-state index in [0.717, 1.165) is 22.0 Å². The molecular weight excluding hydrogens is 436 g/mol. The highest BCUT2D eigenvalue weighted by molar-refractivity contribution is 7.99. The van der Waals surface area contributed by atoms with E-state index in [1.807, 2.05) is 52.3 Å². The number of benzene rings is 2. The van der Waals surface area contributed by atoms with E-state index >= 15 is 0 Å². The summed E-state index contributed by atoms with van der Waals surface area (Å²) in [6.07, 6.45) is 0.474. The molecule has 1 fully saturated rings. The monoisotopic (exact) mass is 462 g/mol. The van der Waals surface area contributed by atoms with Gasteiger partial charge in [0.25, 0.3) is 0 Å². The van der Waals surface area contributed by atoms with Crippen molar-refractivity contribution < 1.29 is 19.1 Å². The number of esters is 1. The van der Waals surface area contributed by atoms with Crippen LogP contribution in [0.3, 0.4) is 0 Å². The second kappa shape index (κ2) is 11.4. The molecule has 2 aromatic carbocycles. The second-order valence-corrected chi connectivity index (χ2v) is 8.71. The van der Waals surface area contributed by atoms with E-state index in [9.17, 15) is 9.59 Å². The maximum Gasteiger partial charge on any atom is 0.327 e. The fraction of sp³-hybridized carbons (Fsp3) is 0.391. The molecule has 0 aromatic heterocycles. The minimum Gasteiger partial charge on any atom is -0.497 e. The van der Waals surface area contributed by atoms with Crippen molar-refractivity contribution in [3.63, 3.8) is 0 Å². The number of carbonyl (C=O) groups excluding carboxylic acids is 2. The average molecular weight is 463 g/mol. The number of piperazine rings is 1. The van der Waals surface area contributed by atoms with Gasteiger partial charge in [-0.1, -0.05) is 29.8 Å². The van der Waals surface area contributed by atoms with E-state index in [-0.39, 0.29) is 11.9 Å². The molecule has 8 heteroatoms. The van der Waals surface area contributed by atoms with Crippen molar-refractivity contribution in [1.82, 2.24) is 9.80 Å². The normalized spacial score (nSPS) is 15.4. The SMILES string of the molecule is COC(=O)C(c1ccccc1Cl)N1CCN(C(=O)CCSc2ccc(OC)cc2)CC1. The lowest BCUT2D eigenvalue weighted by Crippen LogP contribution is -2.51. The van der Waals surface area contributed by atoms with Crippen LogP contribution in [0.25, 0.3) is 0 Å². The van der Waals surface area contributed by atoms with E-state index < -0.39 is 6.04 Å². The molecule has 0 spiro atoms. The zero-order chi connectivity index (χ0) is 22.2. The molecule has 0 N–H and O–H groups in total. The molecule has 1 saturated heterocycles. The Labute approximate surface area is 192 Å². The van der Waals surface area contributed by atoms with Gasteiger partial charge in [-0.2, -0.15) is 0 Å². The summed E-state index contributed by atoms with van der Waals surface area (Å²) in [6, 6.07) is 14.6. The molecule has 0 aliphatic carbocycles. The molecule has 0 saturated carbocycles. The van der Waals surface area contributed by atoms with Crippen molar-refractivity contribution >= 4 is 35.2 Å². The van der Waals surface area contributed by atoms with Gasteiger partial charge in [0.05, 0.1) is 14.2 Å². The van der Waals surface area contributed by atoms with Gasteiger partial charge in [0.2, 0.25) is 5.91 Å². The molecule has 31 heavy (non-hydrogen) atoms. The number of hydrogen-bond acceptors (Lipinski definition) is 6. The molecule has 0 bridgehead atoms. The quantitative estimate of drug-likeness (QED) is 0.438. The molecule has 1 unspecified atom stereocenters. The Balaban J connectivity index is 1.51. The number of carbonyl (C=O) groups is 2. The minimum absolute atomic E-state index is 0.132. The zero-order valence-electron chi connectivity index (χ0n) is 17.8. The molecule has 166 valence electrons. The van der Waals surface area contributed by atoms with Crippen LogP contribution in [0.4, 0.5) is 0 Å². The third-order valence-corrected chi connectivity index (χ3v) is 6.66. The van der Waals surface area contributed by atoms with Crippen LogP contribution in [-0.2, 0) is 14.3 Å². The second-order valence-electron chi connectivity index (χ2n) is 7.14. The number of thioether (sulfide) groups is 1. The Morgan fingerprint density at radius 3 is 2.32 bits per heavy atom. The molecule has 1 aliphatic rings. The van der Waals surface area contributed by atoms with Gasteiger partial charge in [0, 0.05) is 48.3 Å². The predicted molar refractivity (Wildman–Crippen MR) is 123 cm³/mol. The van der Waals surface area contributed by atoms with Crippen LogP contribution in [0.15, 0.2) is 53.4 Å². The third-order valence-electron chi connectivity index (χ3n) is 5.30. The summed E-state index contributed by atoms with van der Waals surface area (Å²) in [6.45, 7) is 2.32. The summed E-state index contributed by atoms with van der Waals surface area (Å²) >= 11 is 7.99. The van der Waals surface area contributed by atoms with Gasteiger partial charge in [-0.25, -0.2) is 4.79 Å². The molecule has 1 atom stereocenters. The summed E-state index contributed by atoms with van der Waals surface area (Å²) in [5.41, 5.74) is 0.728. The average Bonchev–Trinajstić information content (AvgIpc) is 2.81. The number of amides is 1. The molecule has 1 aliphatic heterocycles. The highest BCUT2D eigenvalue weighted by atomic mass is 35.5. The first-order chi connectivity index (χ1) is 15.0. The highest BCUT2D eigenvalue weighted by Gasteiger charge is 2.33. The van der Waals surface area contributed by atoms with Crippen molar-refractivity contribution in [2.24, 2.45) is 0 Å². The standard InChI is InChI=1S/C23H27ClN2O4S/c1-29-17-7-9-18(10-8-17)31-16-11-21(27)25-12-14-26(15-13-25)22(23(28)30-2)19-5-3-4-6-20(19)24/h3-10,22H,11-16H2,1-2H3. The van der Waals surface area contributed by atoms with Gasteiger partial charge in [0.15, 0.2) is 0 Å². The van der Waals surface area contributed by atoms with Crippen molar-refractivity contribution in [1.29, 1.82) is 0 Å². The summed E-state index contributed by atoms with van der Waals surface area (Å²) in [7, 11) is 3.02. The Kier molecular flexibility index (Phi) is 8.63. The van der Waals surface area contributed by atoms with Crippen LogP contribution in [0.5, 0.6) is 5.75 Å². The number of ether oxygens (including phenoxy) is 2. The Morgan fingerprint density at radius 2 is 1.71 bits per heavy atom. The van der Waals surface area contributed by atoms with Crippen molar-refractivity contribution in [3.05, 3.63) is 59.1 Å². The maximum absolute atomic E-state index is 12.6. The predicted octanol–water partition coefficient (Wildman–Crippen LogP) is 3.89. The Morgan fingerprint density at radius 1 is 1.03 bits per heavy atom. The van der Waals surface area contributed by atoms with Crippen molar-refractivity contribution in [3.8, 4) is 5.75 Å². The van der Waals surface area contributed by atoms with Gasteiger partial charge >= 0.3 is 5.97 Å². The van der Waals surface area contributed by atoms with E-state index in [0.29, 0.717) is 37.6 Å². The fourth-order valence-electron chi connectivity index (χ4n) is 3.60. The topological polar surface area (TPSA) is 59.1 Å². The lowest BCUT2D eigenvalue weighted by Gasteiger charge is -2.38. The van der Waals surface area contributed by atoms with Crippen LogP contribution in [-0.4, -0.2) is 67.8 Å². The molecular formula is C23H27ClN2O4S. The van der Waals surface area contributed by atoms with Crippen molar-refractivity contribution in [2.75, 3.05) is 46.2 Å². The van der Waals surface area contributed by atoms with E-state index in [1.54, 1.807) is 24.9 Å². The van der Waals surface area contributed by atoms with Crippen LogP contribution < -0.4 is 4.74 Å². The summed E-state index contributed by atoms with van der Waals surface area (Å²) in [5.74, 6) is 1.33. The third kappa shape index (κ3) is 6.15. The minimum atomic E-state index is -0.568.